The van der Waals surface area contributed by atoms with E-state index in [1.165, 1.54) is 6.26 Å². The number of nitrogens with one attached hydrogen (secondary N) is 1. The van der Waals surface area contributed by atoms with Gasteiger partial charge < -0.3 is 9.32 Å². The Bertz CT molecular complexity index is 463. The average Bonchev–Trinajstić information content (AvgIpc) is 2.85. The van der Waals surface area contributed by atoms with Gasteiger partial charge in [0.25, 0.3) is 0 Å². The van der Waals surface area contributed by atoms with Gasteiger partial charge in [-0.1, -0.05) is 11.6 Å². The Morgan fingerprint density at radius 2 is 2.25 bits per heavy atom. The number of H-pyrrole nitrogens is 1. The van der Waals surface area contributed by atoms with Crippen molar-refractivity contribution in [1.29, 1.82) is 0 Å². The van der Waals surface area contributed by atoms with Gasteiger partial charge in [0.15, 0.2) is 5.69 Å². The van der Waals surface area contributed by atoms with Gasteiger partial charge in [0.2, 0.25) is 5.89 Å². The Morgan fingerprint density at radius 1 is 1.50 bits per heavy atom. The average molecular weight is 241 g/mol. The molecule has 0 fully saturated rings. The van der Waals surface area contributed by atoms with Crippen molar-refractivity contribution in [1.82, 2.24) is 20.1 Å². The summed E-state index contributed by atoms with van der Waals surface area (Å²) >= 11 is 6.23. The first-order chi connectivity index (χ1) is 7.61. The van der Waals surface area contributed by atoms with Gasteiger partial charge >= 0.3 is 0 Å². The first-order valence-corrected chi connectivity index (χ1v) is 5.29. The quantitative estimate of drug-likeness (QED) is 0.895. The summed E-state index contributed by atoms with van der Waals surface area (Å²) in [6.45, 7) is 2.04. The molecule has 1 unspecified atom stereocenters. The molecule has 0 saturated carbocycles. The number of aromatic amines is 1. The van der Waals surface area contributed by atoms with E-state index in [2.05, 4.69) is 15.2 Å². The van der Waals surface area contributed by atoms with E-state index in [0.29, 0.717) is 16.6 Å². The number of aromatic nitrogens is 3. The van der Waals surface area contributed by atoms with Crippen molar-refractivity contribution in [2.75, 3.05) is 14.1 Å². The summed E-state index contributed by atoms with van der Waals surface area (Å²) < 4.78 is 5.16. The van der Waals surface area contributed by atoms with Crippen LogP contribution in [0, 0.1) is 0 Å². The molecule has 1 N–H and O–H groups in total. The summed E-state index contributed by atoms with van der Waals surface area (Å²) in [7, 11) is 3.96. The van der Waals surface area contributed by atoms with Crippen molar-refractivity contribution in [3.8, 4) is 11.6 Å². The van der Waals surface area contributed by atoms with Gasteiger partial charge in [0.05, 0.1) is 16.9 Å². The van der Waals surface area contributed by atoms with Crippen LogP contribution in [0.3, 0.4) is 0 Å². The van der Waals surface area contributed by atoms with E-state index >= 15 is 0 Å². The first-order valence-electron chi connectivity index (χ1n) is 4.91. The Morgan fingerprint density at radius 3 is 2.81 bits per heavy atom. The molecule has 2 aromatic rings. The molecule has 0 saturated heterocycles. The van der Waals surface area contributed by atoms with E-state index < -0.39 is 0 Å². The Hall–Kier alpha value is -1.33. The van der Waals surface area contributed by atoms with Crippen molar-refractivity contribution >= 4 is 11.6 Å². The summed E-state index contributed by atoms with van der Waals surface area (Å²) in [5.41, 5.74) is 1.41. The van der Waals surface area contributed by atoms with Gasteiger partial charge in [-0.2, -0.15) is 5.10 Å². The Labute approximate surface area is 98.4 Å². The third-order valence-corrected chi connectivity index (χ3v) is 2.94. The van der Waals surface area contributed by atoms with Crippen LogP contribution in [0.15, 0.2) is 16.9 Å². The molecule has 0 aliphatic heterocycles. The smallest absolute Gasteiger partial charge is 0.248 e. The number of oxazole rings is 1. The third-order valence-electron chi connectivity index (χ3n) is 2.56. The van der Waals surface area contributed by atoms with E-state index in [4.69, 9.17) is 16.0 Å². The van der Waals surface area contributed by atoms with Crippen molar-refractivity contribution in [2.45, 2.75) is 13.0 Å². The van der Waals surface area contributed by atoms with Gasteiger partial charge in [-0.15, -0.1) is 0 Å². The Balaban J connectivity index is 2.38. The molecule has 2 heterocycles. The number of rotatable bonds is 3. The summed E-state index contributed by atoms with van der Waals surface area (Å²) in [6.07, 6.45) is 3.06. The molecule has 16 heavy (non-hydrogen) atoms. The molecule has 0 radical (unpaired) electrons. The van der Waals surface area contributed by atoms with Crippen molar-refractivity contribution in [3.63, 3.8) is 0 Å². The number of nitrogens with zero attached hydrogens (tertiary/aromatic N) is 3. The van der Waals surface area contributed by atoms with Crippen LogP contribution in [-0.2, 0) is 0 Å². The van der Waals surface area contributed by atoms with Crippen LogP contribution in [0.1, 0.15) is 18.7 Å². The maximum Gasteiger partial charge on any atom is 0.248 e. The fourth-order valence-electron chi connectivity index (χ4n) is 1.36. The maximum atomic E-state index is 6.23. The highest BCUT2D eigenvalue weighted by Crippen LogP contribution is 2.31. The molecule has 0 aromatic carbocycles. The molecule has 2 rings (SSSR count). The predicted molar refractivity (Wildman–Crippen MR) is 61.2 cm³/mol. The lowest BCUT2D eigenvalue weighted by Crippen LogP contribution is -2.17. The number of halogens is 1. The molecule has 0 aliphatic carbocycles. The van der Waals surface area contributed by atoms with E-state index in [1.807, 2.05) is 25.9 Å². The molecule has 5 nitrogen and oxygen atoms in total. The molecule has 1 atom stereocenters. The standard InChI is InChI=1S/C10H13ClN4O/c1-6(15(2)3)8-7(11)9(14-13-8)10-12-4-5-16-10/h4-6H,1-3H3,(H,13,14). The highest BCUT2D eigenvalue weighted by molar-refractivity contribution is 6.33. The molecule has 0 bridgehead atoms. The highest BCUT2D eigenvalue weighted by atomic mass is 35.5. The Kier molecular flexibility index (Phi) is 2.98. The topological polar surface area (TPSA) is 58.0 Å². The monoisotopic (exact) mass is 240 g/mol. The zero-order valence-corrected chi connectivity index (χ0v) is 10.1. The van der Waals surface area contributed by atoms with Crippen molar-refractivity contribution in [2.24, 2.45) is 0 Å². The van der Waals surface area contributed by atoms with Gasteiger partial charge in [0, 0.05) is 6.04 Å². The number of hydrogen-bond donors (Lipinski definition) is 1. The minimum absolute atomic E-state index is 0.156. The van der Waals surface area contributed by atoms with Gasteiger partial charge in [-0.25, -0.2) is 4.98 Å². The van der Waals surface area contributed by atoms with E-state index in [-0.39, 0.29) is 6.04 Å². The molecular formula is C10H13ClN4O. The van der Waals surface area contributed by atoms with Gasteiger partial charge in [0.1, 0.15) is 6.26 Å². The van der Waals surface area contributed by atoms with Crippen LogP contribution in [0.5, 0.6) is 0 Å². The SMILES string of the molecule is CC(c1[nH]nc(-c2ncco2)c1Cl)N(C)C. The fourth-order valence-corrected chi connectivity index (χ4v) is 1.68. The fraction of sp³-hybridized carbons (Fsp3) is 0.400. The lowest BCUT2D eigenvalue weighted by atomic mass is 10.2. The molecule has 6 heteroatoms. The van der Waals surface area contributed by atoms with Crippen LogP contribution in [-0.4, -0.2) is 34.2 Å². The van der Waals surface area contributed by atoms with Crippen molar-refractivity contribution < 1.29 is 4.42 Å². The summed E-state index contributed by atoms with van der Waals surface area (Å²) in [5, 5.41) is 7.60. The molecule has 0 spiro atoms. The summed E-state index contributed by atoms with van der Waals surface area (Å²) in [4.78, 5) is 6.06. The molecular weight excluding hydrogens is 228 g/mol. The zero-order valence-electron chi connectivity index (χ0n) is 9.36. The van der Waals surface area contributed by atoms with Gasteiger partial charge in [-0.05, 0) is 21.0 Å². The van der Waals surface area contributed by atoms with Crippen LogP contribution in [0.2, 0.25) is 5.02 Å². The first kappa shape index (κ1) is 11.2. The second-order valence-electron chi connectivity index (χ2n) is 3.78. The highest BCUT2D eigenvalue weighted by Gasteiger charge is 2.20. The molecule has 0 aliphatic rings. The summed E-state index contributed by atoms with van der Waals surface area (Å²) in [6, 6.07) is 0.156. The van der Waals surface area contributed by atoms with Crippen LogP contribution in [0.25, 0.3) is 11.6 Å². The second-order valence-corrected chi connectivity index (χ2v) is 4.15. The minimum Gasteiger partial charge on any atom is -0.443 e. The van der Waals surface area contributed by atoms with Gasteiger partial charge in [-0.3, -0.25) is 5.10 Å². The van der Waals surface area contributed by atoms with Crippen LogP contribution in [0.4, 0.5) is 0 Å². The van der Waals surface area contributed by atoms with Crippen LogP contribution >= 0.6 is 11.6 Å². The normalized spacial score (nSPS) is 13.3. The van der Waals surface area contributed by atoms with E-state index in [1.54, 1.807) is 6.20 Å². The van der Waals surface area contributed by atoms with E-state index in [9.17, 15) is 0 Å². The molecule has 0 amide bonds. The minimum atomic E-state index is 0.156. The number of hydrogen-bond acceptors (Lipinski definition) is 4. The molecule has 86 valence electrons. The lowest BCUT2D eigenvalue weighted by molar-refractivity contribution is 0.315. The van der Waals surface area contributed by atoms with Crippen molar-refractivity contribution in [3.05, 3.63) is 23.2 Å². The van der Waals surface area contributed by atoms with E-state index in [0.717, 1.165) is 5.69 Å². The lowest BCUT2D eigenvalue weighted by Gasteiger charge is -2.18. The maximum absolute atomic E-state index is 6.23. The zero-order chi connectivity index (χ0) is 11.7. The second kappa shape index (κ2) is 4.27. The third kappa shape index (κ3) is 1.83. The predicted octanol–water partition coefficient (Wildman–Crippen LogP) is 2.34. The summed E-state index contributed by atoms with van der Waals surface area (Å²) in [5.74, 6) is 0.429. The van der Waals surface area contributed by atoms with Crippen LogP contribution < -0.4 is 0 Å². The molecule has 2 aromatic heterocycles. The largest absolute Gasteiger partial charge is 0.443 e.